The van der Waals surface area contributed by atoms with Gasteiger partial charge in [0.05, 0.1) is 0 Å². The first-order valence-corrected chi connectivity index (χ1v) is 7.12. The molecule has 1 spiro atoms. The Morgan fingerprint density at radius 3 is 2.84 bits per heavy atom. The molecule has 3 nitrogen and oxygen atoms in total. The number of rotatable bonds is 2. The van der Waals surface area contributed by atoms with Gasteiger partial charge in [0, 0.05) is 44.6 Å². The first-order chi connectivity index (χ1) is 9.21. The smallest absolute Gasteiger partial charge is 0.130 e. The molecule has 0 aromatic heterocycles. The lowest BCUT2D eigenvalue weighted by Gasteiger charge is -2.41. The van der Waals surface area contributed by atoms with Gasteiger partial charge in [0.2, 0.25) is 0 Å². The van der Waals surface area contributed by atoms with Gasteiger partial charge in [-0.2, -0.15) is 0 Å². The van der Waals surface area contributed by atoms with Crippen LogP contribution in [0.1, 0.15) is 24.0 Å². The highest BCUT2D eigenvalue weighted by atomic mass is 16.5. The van der Waals surface area contributed by atoms with Crippen LogP contribution in [0.5, 0.6) is 5.75 Å². The number of hydrogen-bond donors (Lipinski definition) is 1. The summed E-state index contributed by atoms with van der Waals surface area (Å²) in [4.78, 5) is 2.42. The number of hydrogen-bond acceptors (Lipinski definition) is 3. The van der Waals surface area contributed by atoms with Crippen molar-refractivity contribution in [1.82, 2.24) is 4.90 Å². The molecule has 102 valence electrons. The van der Waals surface area contributed by atoms with Gasteiger partial charge in [-0.3, -0.25) is 0 Å². The number of aryl methyl sites for hydroxylation is 1. The Labute approximate surface area is 115 Å². The molecule has 0 bridgehead atoms. The Bertz CT molecular complexity index is 488. The molecular formula is C16H22N2O. The maximum atomic E-state index is 6.30. The Morgan fingerprint density at radius 2 is 2.11 bits per heavy atom. The molecule has 2 aliphatic rings. The van der Waals surface area contributed by atoms with Gasteiger partial charge in [0.25, 0.3) is 0 Å². The zero-order chi connectivity index (χ0) is 13.3. The van der Waals surface area contributed by atoms with Crippen molar-refractivity contribution in [3.63, 3.8) is 0 Å². The number of nitrogens with zero attached hydrogens (tertiary/aromatic N) is 1. The van der Waals surface area contributed by atoms with Gasteiger partial charge in [-0.15, -0.1) is 0 Å². The molecule has 1 aromatic rings. The summed E-state index contributed by atoms with van der Waals surface area (Å²) in [5.41, 5.74) is 8.01. The molecule has 19 heavy (non-hydrogen) atoms. The topological polar surface area (TPSA) is 38.5 Å². The Kier molecular flexibility index (Phi) is 3.33. The van der Waals surface area contributed by atoms with Crippen LogP contribution in [0.25, 0.3) is 6.08 Å². The maximum absolute atomic E-state index is 6.30. The predicted molar refractivity (Wildman–Crippen MR) is 78.3 cm³/mol. The van der Waals surface area contributed by atoms with Crippen LogP contribution in [0.2, 0.25) is 0 Å². The number of piperidine rings is 1. The minimum atomic E-state index is -0.0899. The average molecular weight is 258 g/mol. The number of ether oxygens (including phenoxy) is 1. The van der Waals surface area contributed by atoms with Gasteiger partial charge in [-0.05, 0) is 25.1 Å². The molecule has 0 unspecified atom stereocenters. The van der Waals surface area contributed by atoms with Gasteiger partial charge >= 0.3 is 0 Å². The molecule has 1 fully saturated rings. The molecule has 2 N–H and O–H groups in total. The number of benzene rings is 1. The van der Waals surface area contributed by atoms with Crippen molar-refractivity contribution in [3.05, 3.63) is 35.4 Å². The molecule has 2 aliphatic heterocycles. The second kappa shape index (κ2) is 4.99. The summed E-state index contributed by atoms with van der Waals surface area (Å²) in [6.07, 6.45) is 6.59. The largest absolute Gasteiger partial charge is 0.482 e. The van der Waals surface area contributed by atoms with Crippen LogP contribution in [0.4, 0.5) is 0 Å². The van der Waals surface area contributed by atoms with E-state index < -0.39 is 0 Å². The van der Waals surface area contributed by atoms with E-state index in [9.17, 15) is 0 Å². The molecule has 1 saturated heterocycles. The van der Waals surface area contributed by atoms with Gasteiger partial charge in [-0.25, -0.2) is 0 Å². The van der Waals surface area contributed by atoms with Gasteiger partial charge in [0.15, 0.2) is 0 Å². The van der Waals surface area contributed by atoms with Crippen molar-refractivity contribution >= 4 is 6.08 Å². The molecule has 0 atom stereocenters. The van der Waals surface area contributed by atoms with Crippen LogP contribution in [0.3, 0.4) is 0 Å². The lowest BCUT2D eigenvalue weighted by molar-refractivity contribution is 0.0398. The summed E-state index contributed by atoms with van der Waals surface area (Å²) in [5.74, 6) is 1.03. The zero-order valence-electron chi connectivity index (χ0n) is 11.6. The summed E-state index contributed by atoms with van der Waals surface area (Å²) in [7, 11) is 0. The fraction of sp³-hybridized carbons (Fsp3) is 0.500. The highest BCUT2D eigenvalue weighted by Gasteiger charge is 2.36. The molecule has 0 amide bonds. The average Bonchev–Trinajstić information content (AvgIpc) is 2.42. The van der Waals surface area contributed by atoms with Crippen LogP contribution in [0, 0.1) is 6.92 Å². The van der Waals surface area contributed by atoms with E-state index in [1.54, 1.807) is 0 Å². The molecule has 2 heterocycles. The van der Waals surface area contributed by atoms with Crippen molar-refractivity contribution in [2.24, 2.45) is 5.73 Å². The minimum Gasteiger partial charge on any atom is -0.482 e. The summed E-state index contributed by atoms with van der Waals surface area (Å²) in [6, 6.07) is 6.40. The van der Waals surface area contributed by atoms with Crippen molar-refractivity contribution in [1.29, 1.82) is 0 Å². The van der Waals surface area contributed by atoms with E-state index >= 15 is 0 Å². The highest BCUT2D eigenvalue weighted by molar-refractivity contribution is 5.62. The molecule has 1 aromatic carbocycles. The molecular weight excluding hydrogens is 236 g/mol. The monoisotopic (exact) mass is 258 g/mol. The van der Waals surface area contributed by atoms with Gasteiger partial charge < -0.3 is 15.4 Å². The Hall–Kier alpha value is -1.32. The highest BCUT2D eigenvalue weighted by Crippen LogP contribution is 2.37. The normalized spacial score (nSPS) is 21.2. The molecule has 0 saturated carbocycles. The van der Waals surface area contributed by atoms with Crippen LogP contribution in [-0.4, -0.2) is 36.7 Å². The van der Waals surface area contributed by atoms with Gasteiger partial charge in [-0.1, -0.05) is 17.7 Å². The third-order valence-electron chi connectivity index (χ3n) is 4.19. The molecule has 0 radical (unpaired) electrons. The van der Waals surface area contributed by atoms with E-state index in [4.69, 9.17) is 10.5 Å². The quantitative estimate of drug-likeness (QED) is 0.883. The summed E-state index contributed by atoms with van der Waals surface area (Å²) >= 11 is 0. The van der Waals surface area contributed by atoms with Crippen LogP contribution < -0.4 is 10.5 Å². The first-order valence-electron chi connectivity index (χ1n) is 7.12. The van der Waals surface area contributed by atoms with Gasteiger partial charge in [0.1, 0.15) is 11.4 Å². The zero-order valence-corrected chi connectivity index (χ0v) is 11.6. The van der Waals surface area contributed by atoms with Crippen molar-refractivity contribution in [3.8, 4) is 5.75 Å². The lowest BCUT2D eigenvalue weighted by Crippen LogP contribution is -2.48. The fourth-order valence-electron chi connectivity index (χ4n) is 2.99. The second-order valence-corrected chi connectivity index (χ2v) is 5.67. The van der Waals surface area contributed by atoms with Crippen LogP contribution in [0.15, 0.2) is 24.3 Å². The molecule has 0 aliphatic carbocycles. The van der Waals surface area contributed by atoms with E-state index in [1.165, 1.54) is 11.1 Å². The Balaban J connectivity index is 1.74. The SMILES string of the molecule is Cc1ccc2c(c1)C=CC1(CCN(CCN)CC1)O2. The molecule has 3 heteroatoms. The standard InChI is InChI=1S/C16H22N2O/c1-13-2-3-15-14(12-13)4-5-16(19-15)6-9-18(10-7-16)11-8-17/h2-5,12H,6-11,17H2,1H3. The summed E-state index contributed by atoms with van der Waals surface area (Å²) in [6.45, 7) is 6.00. The third kappa shape index (κ3) is 2.53. The van der Waals surface area contributed by atoms with E-state index in [0.717, 1.165) is 44.8 Å². The van der Waals surface area contributed by atoms with Crippen LogP contribution in [-0.2, 0) is 0 Å². The van der Waals surface area contributed by atoms with E-state index in [-0.39, 0.29) is 5.60 Å². The Morgan fingerprint density at radius 1 is 1.32 bits per heavy atom. The van der Waals surface area contributed by atoms with Crippen LogP contribution >= 0.6 is 0 Å². The third-order valence-corrected chi connectivity index (χ3v) is 4.19. The van der Waals surface area contributed by atoms with E-state index in [1.807, 2.05) is 0 Å². The maximum Gasteiger partial charge on any atom is 0.130 e. The van der Waals surface area contributed by atoms with Crippen molar-refractivity contribution in [2.45, 2.75) is 25.4 Å². The minimum absolute atomic E-state index is 0.0899. The number of nitrogens with two attached hydrogens (primary N) is 1. The number of fused-ring (bicyclic) bond motifs is 1. The fourth-order valence-corrected chi connectivity index (χ4v) is 2.99. The molecule has 3 rings (SSSR count). The van der Waals surface area contributed by atoms with E-state index in [2.05, 4.69) is 42.2 Å². The number of likely N-dealkylation sites (tertiary alicyclic amines) is 1. The summed E-state index contributed by atoms with van der Waals surface area (Å²) in [5, 5.41) is 0. The van der Waals surface area contributed by atoms with E-state index in [0.29, 0.717) is 0 Å². The predicted octanol–water partition coefficient (Wildman–Crippen LogP) is 2.19. The van der Waals surface area contributed by atoms with Crippen molar-refractivity contribution in [2.75, 3.05) is 26.2 Å². The summed E-state index contributed by atoms with van der Waals surface area (Å²) < 4.78 is 6.30. The van der Waals surface area contributed by atoms with Crippen molar-refractivity contribution < 1.29 is 4.74 Å². The lowest BCUT2D eigenvalue weighted by atomic mass is 9.88. The second-order valence-electron chi connectivity index (χ2n) is 5.67. The first kappa shape index (κ1) is 12.7.